The van der Waals surface area contributed by atoms with Gasteiger partial charge in [-0.2, -0.15) is 5.10 Å². The molecule has 0 heterocycles. The predicted octanol–water partition coefficient (Wildman–Crippen LogP) is 3.39. The Labute approximate surface area is 159 Å². The van der Waals surface area contributed by atoms with Crippen LogP contribution in [0.1, 0.15) is 5.56 Å². The molecule has 1 amide bonds. The number of nitrogens with zero attached hydrogens (tertiary/aromatic N) is 2. The Hall–Kier alpha value is -2.46. The topological polar surface area (TPSA) is 117 Å². The number of benzene rings is 2. The lowest BCUT2D eigenvalue weighted by atomic mass is 10.2. The van der Waals surface area contributed by atoms with E-state index in [1.54, 1.807) is 12.1 Å². The van der Waals surface area contributed by atoms with Crippen LogP contribution in [-0.4, -0.2) is 28.7 Å². The van der Waals surface area contributed by atoms with E-state index in [4.69, 9.17) is 0 Å². The molecule has 2 aromatic carbocycles. The molecule has 0 radical (unpaired) electrons. The van der Waals surface area contributed by atoms with E-state index < -0.39 is 10.8 Å². The Morgan fingerprint density at radius 2 is 1.96 bits per heavy atom. The van der Waals surface area contributed by atoms with E-state index in [2.05, 4.69) is 47.7 Å². The summed E-state index contributed by atoms with van der Waals surface area (Å²) in [7, 11) is 0. The van der Waals surface area contributed by atoms with Crippen molar-refractivity contribution in [2.75, 3.05) is 11.9 Å². The molecular weight excluding hydrogens is 460 g/mol. The molecule has 0 aliphatic rings. The molecule has 0 aliphatic heterocycles. The molecule has 2 rings (SSSR count). The number of non-ortho nitro benzene ring substituents is 1. The van der Waals surface area contributed by atoms with Crippen LogP contribution in [0.15, 0.2) is 50.4 Å². The van der Waals surface area contributed by atoms with Gasteiger partial charge in [0.25, 0.3) is 11.6 Å². The fourth-order valence-corrected chi connectivity index (χ4v) is 2.50. The average Bonchev–Trinajstić information content (AvgIpc) is 2.57. The third kappa shape index (κ3) is 5.54. The van der Waals surface area contributed by atoms with E-state index in [0.29, 0.717) is 0 Å². The van der Waals surface area contributed by atoms with Crippen molar-refractivity contribution in [1.29, 1.82) is 0 Å². The van der Waals surface area contributed by atoms with Crippen molar-refractivity contribution in [1.82, 2.24) is 5.43 Å². The molecule has 0 saturated heterocycles. The van der Waals surface area contributed by atoms with Crippen LogP contribution in [0.2, 0.25) is 0 Å². The molecule has 0 aromatic heterocycles. The molecule has 25 heavy (non-hydrogen) atoms. The monoisotopic (exact) mass is 470 g/mol. The first kappa shape index (κ1) is 18.9. The molecule has 130 valence electrons. The number of hydrogen-bond acceptors (Lipinski definition) is 6. The summed E-state index contributed by atoms with van der Waals surface area (Å²) in [6.45, 7) is -0.0103. The maximum atomic E-state index is 11.7. The molecule has 0 spiro atoms. The van der Waals surface area contributed by atoms with Gasteiger partial charge in [-0.05, 0) is 40.2 Å². The third-order valence-electron chi connectivity index (χ3n) is 2.98. The quantitative estimate of drug-likeness (QED) is 0.339. The summed E-state index contributed by atoms with van der Waals surface area (Å²) >= 11 is 6.34. The summed E-state index contributed by atoms with van der Waals surface area (Å²) in [6, 6.07) is 9.60. The zero-order valence-corrected chi connectivity index (χ0v) is 15.7. The number of anilines is 1. The number of carbonyl (C=O) groups is 1. The van der Waals surface area contributed by atoms with Gasteiger partial charge in [-0.15, -0.1) is 0 Å². The SMILES string of the molecule is O=C(CNc1ccc(Br)cc1)N/N=C\c1cc([N+](=O)[O-])cc(Br)c1O. The van der Waals surface area contributed by atoms with E-state index in [1.807, 2.05) is 12.1 Å². The summed E-state index contributed by atoms with van der Waals surface area (Å²) in [6.07, 6.45) is 1.13. The van der Waals surface area contributed by atoms with Crippen LogP contribution in [0, 0.1) is 10.1 Å². The van der Waals surface area contributed by atoms with Gasteiger partial charge in [0.1, 0.15) is 5.75 Å². The van der Waals surface area contributed by atoms with Crippen molar-refractivity contribution in [2.24, 2.45) is 5.10 Å². The fourth-order valence-electron chi connectivity index (χ4n) is 1.77. The molecule has 3 N–H and O–H groups in total. The van der Waals surface area contributed by atoms with Crippen LogP contribution in [0.4, 0.5) is 11.4 Å². The highest BCUT2D eigenvalue weighted by Crippen LogP contribution is 2.31. The highest BCUT2D eigenvalue weighted by molar-refractivity contribution is 9.10. The number of halogens is 2. The largest absolute Gasteiger partial charge is 0.506 e. The van der Waals surface area contributed by atoms with E-state index in [0.717, 1.165) is 22.4 Å². The number of aromatic hydroxyl groups is 1. The number of nitro benzene ring substituents is 1. The highest BCUT2D eigenvalue weighted by Gasteiger charge is 2.13. The van der Waals surface area contributed by atoms with Gasteiger partial charge in [-0.25, -0.2) is 5.43 Å². The first-order chi connectivity index (χ1) is 11.9. The highest BCUT2D eigenvalue weighted by atomic mass is 79.9. The molecule has 2 aromatic rings. The van der Waals surface area contributed by atoms with Gasteiger partial charge in [0, 0.05) is 27.9 Å². The summed E-state index contributed by atoms with van der Waals surface area (Å²) in [5.74, 6) is -0.625. The van der Waals surface area contributed by atoms with E-state index in [1.165, 1.54) is 6.07 Å². The maximum absolute atomic E-state index is 11.7. The first-order valence-corrected chi connectivity index (χ1v) is 8.43. The number of hydrogen-bond donors (Lipinski definition) is 3. The molecule has 10 heteroatoms. The zero-order valence-electron chi connectivity index (χ0n) is 12.6. The van der Waals surface area contributed by atoms with Crippen LogP contribution in [0.3, 0.4) is 0 Å². The standard InChI is InChI=1S/C15H12Br2N4O4/c16-10-1-3-11(4-2-10)18-8-14(22)20-19-7-9-5-12(21(24)25)6-13(17)15(9)23/h1-7,18,23H,8H2,(H,20,22)/b19-7-. The number of nitro groups is 1. The number of phenolic OH excluding ortho intramolecular Hbond substituents is 1. The Bertz CT molecular complexity index is 825. The normalized spacial score (nSPS) is 10.6. The number of phenols is 1. The molecular formula is C15H12Br2N4O4. The number of rotatable bonds is 6. The summed E-state index contributed by atoms with van der Waals surface area (Å²) in [4.78, 5) is 21.9. The van der Waals surface area contributed by atoms with Crippen LogP contribution >= 0.6 is 31.9 Å². The minimum Gasteiger partial charge on any atom is -0.506 e. The van der Waals surface area contributed by atoms with Crippen molar-refractivity contribution in [3.63, 3.8) is 0 Å². The van der Waals surface area contributed by atoms with Crippen LogP contribution in [-0.2, 0) is 4.79 Å². The van der Waals surface area contributed by atoms with Gasteiger partial charge in [0.2, 0.25) is 0 Å². The Morgan fingerprint density at radius 3 is 2.60 bits per heavy atom. The second-order valence-electron chi connectivity index (χ2n) is 4.78. The summed E-state index contributed by atoms with van der Waals surface area (Å²) in [5.41, 5.74) is 2.92. The van der Waals surface area contributed by atoms with E-state index in [-0.39, 0.29) is 28.0 Å². The maximum Gasteiger partial charge on any atom is 0.271 e. The fraction of sp³-hybridized carbons (Fsp3) is 0.0667. The lowest BCUT2D eigenvalue weighted by Gasteiger charge is -2.05. The van der Waals surface area contributed by atoms with Crippen molar-refractivity contribution < 1.29 is 14.8 Å². The molecule has 0 aliphatic carbocycles. The first-order valence-electron chi connectivity index (χ1n) is 6.85. The van der Waals surface area contributed by atoms with Crippen LogP contribution < -0.4 is 10.7 Å². The second kappa shape index (κ2) is 8.58. The van der Waals surface area contributed by atoms with E-state index >= 15 is 0 Å². The molecule has 0 atom stereocenters. The number of carbonyl (C=O) groups excluding carboxylic acids is 1. The average molecular weight is 472 g/mol. The van der Waals surface area contributed by atoms with Crippen LogP contribution in [0.25, 0.3) is 0 Å². The van der Waals surface area contributed by atoms with Gasteiger partial charge in [-0.1, -0.05) is 15.9 Å². The van der Waals surface area contributed by atoms with Crippen molar-refractivity contribution in [3.05, 3.63) is 61.0 Å². The Morgan fingerprint density at radius 1 is 1.28 bits per heavy atom. The Balaban J connectivity index is 1.95. The summed E-state index contributed by atoms with van der Waals surface area (Å²) in [5, 5.41) is 27.3. The predicted molar refractivity (Wildman–Crippen MR) is 101 cm³/mol. The van der Waals surface area contributed by atoms with Gasteiger partial charge >= 0.3 is 0 Å². The van der Waals surface area contributed by atoms with Crippen molar-refractivity contribution in [3.8, 4) is 5.75 Å². The number of amides is 1. The molecule has 0 bridgehead atoms. The van der Waals surface area contributed by atoms with Crippen molar-refractivity contribution >= 4 is 55.4 Å². The molecule has 0 unspecified atom stereocenters. The minimum atomic E-state index is -0.595. The zero-order chi connectivity index (χ0) is 18.4. The number of nitrogens with one attached hydrogen (secondary N) is 2. The second-order valence-corrected chi connectivity index (χ2v) is 6.55. The van der Waals surface area contributed by atoms with Crippen LogP contribution in [0.5, 0.6) is 5.75 Å². The van der Waals surface area contributed by atoms with Gasteiger partial charge in [0.15, 0.2) is 0 Å². The molecule has 8 nitrogen and oxygen atoms in total. The lowest BCUT2D eigenvalue weighted by molar-refractivity contribution is -0.385. The van der Waals surface area contributed by atoms with Gasteiger partial charge in [-0.3, -0.25) is 14.9 Å². The minimum absolute atomic E-state index is 0.0103. The lowest BCUT2D eigenvalue weighted by Crippen LogP contribution is -2.25. The third-order valence-corrected chi connectivity index (χ3v) is 4.11. The Kier molecular flexibility index (Phi) is 6.48. The van der Waals surface area contributed by atoms with Gasteiger partial charge in [0.05, 0.1) is 22.2 Å². The van der Waals surface area contributed by atoms with E-state index in [9.17, 15) is 20.0 Å². The summed E-state index contributed by atoms with van der Waals surface area (Å²) < 4.78 is 1.08. The smallest absolute Gasteiger partial charge is 0.271 e. The van der Waals surface area contributed by atoms with Crippen molar-refractivity contribution in [2.45, 2.75) is 0 Å². The number of hydrazone groups is 1. The molecule has 0 saturated carbocycles. The van der Waals surface area contributed by atoms with Gasteiger partial charge < -0.3 is 10.4 Å². The molecule has 0 fully saturated rings.